The summed E-state index contributed by atoms with van der Waals surface area (Å²) in [5.74, 6) is -0.911. The lowest BCUT2D eigenvalue weighted by molar-refractivity contribution is -0.167. The van der Waals surface area contributed by atoms with Crippen molar-refractivity contribution in [2.75, 3.05) is 13.2 Å². The number of carbonyl (C=O) groups is 3. The maximum atomic E-state index is 12.9. The summed E-state index contributed by atoms with van der Waals surface area (Å²) in [6.07, 6.45) is 70.6. The molecule has 0 saturated carbocycles. The zero-order chi connectivity index (χ0) is 49.3. The molecule has 1 unspecified atom stereocenters. The smallest absolute Gasteiger partial charge is 0.306 e. The molecule has 0 aliphatic carbocycles. The minimum absolute atomic E-state index is 0.0875. The largest absolute Gasteiger partial charge is 0.462 e. The molecule has 0 rings (SSSR count). The van der Waals surface area contributed by atoms with Crippen molar-refractivity contribution in [3.8, 4) is 0 Å². The van der Waals surface area contributed by atoms with E-state index in [4.69, 9.17) is 14.2 Å². The number of esters is 3. The lowest BCUT2D eigenvalue weighted by atomic mass is 10.0. The SMILES string of the molecule is CCCCC\C=C/C=C\C=C/C=C\CCCCCCCC(=O)OCC(COC(=O)CCCCC/C=C\CCCCCCCCC)OC(=O)CCCCCCCCCCCCCCCCCCCC. The van der Waals surface area contributed by atoms with Crippen molar-refractivity contribution in [1.29, 1.82) is 0 Å². The third-order valence-electron chi connectivity index (χ3n) is 12.8. The zero-order valence-corrected chi connectivity index (χ0v) is 45.1. The van der Waals surface area contributed by atoms with Gasteiger partial charge in [0.1, 0.15) is 13.2 Å². The van der Waals surface area contributed by atoms with Crippen LogP contribution in [-0.2, 0) is 28.6 Å². The molecule has 0 radical (unpaired) electrons. The van der Waals surface area contributed by atoms with Gasteiger partial charge in [-0.15, -0.1) is 0 Å². The Labute approximate surface area is 421 Å². The molecule has 0 aromatic carbocycles. The molecular formula is C62H110O6. The average Bonchev–Trinajstić information content (AvgIpc) is 3.34. The summed E-state index contributed by atoms with van der Waals surface area (Å²) >= 11 is 0. The number of hydrogen-bond acceptors (Lipinski definition) is 6. The highest BCUT2D eigenvalue weighted by atomic mass is 16.6. The van der Waals surface area contributed by atoms with Gasteiger partial charge < -0.3 is 14.2 Å². The van der Waals surface area contributed by atoms with Crippen LogP contribution in [0.15, 0.2) is 60.8 Å². The van der Waals surface area contributed by atoms with Crippen LogP contribution in [0.4, 0.5) is 0 Å². The average molecular weight is 952 g/mol. The molecule has 6 heteroatoms. The summed E-state index contributed by atoms with van der Waals surface area (Å²) < 4.78 is 16.9. The Hall–Kier alpha value is -2.89. The van der Waals surface area contributed by atoms with E-state index >= 15 is 0 Å². The molecule has 394 valence electrons. The Morgan fingerprint density at radius 2 is 0.544 bits per heavy atom. The molecule has 0 aliphatic rings. The van der Waals surface area contributed by atoms with Gasteiger partial charge in [-0.2, -0.15) is 0 Å². The van der Waals surface area contributed by atoms with Crippen LogP contribution in [0.2, 0.25) is 0 Å². The van der Waals surface area contributed by atoms with E-state index in [0.29, 0.717) is 19.3 Å². The number of rotatable bonds is 53. The molecule has 0 saturated heterocycles. The van der Waals surface area contributed by atoms with E-state index in [1.165, 1.54) is 161 Å². The maximum absolute atomic E-state index is 12.9. The summed E-state index contributed by atoms with van der Waals surface area (Å²) in [6.45, 7) is 6.60. The molecule has 0 fully saturated rings. The predicted molar refractivity (Wildman–Crippen MR) is 293 cm³/mol. The second kappa shape index (κ2) is 56.7. The lowest BCUT2D eigenvalue weighted by Gasteiger charge is -2.18. The van der Waals surface area contributed by atoms with Gasteiger partial charge in [-0.3, -0.25) is 14.4 Å². The van der Waals surface area contributed by atoms with Gasteiger partial charge in [0.05, 0.1) is 0 Å². The third kappa shape index (κ3) is 54.1. The minimum atomic E-state index is -0.788. The van der Waals surface area contributed by atoms with Crippen molar-refractivity contribution >= 4 is 17.9 Å². The number of unbranched alkanes of at least 4 members (excludes halogenated alkanes) is 35. The molecule has 0 N–H and O–H groups in total. The summed E-state index contributed by atoms with van der Waals surface area (Å²) in [6, 6.07) is 0. The molecule has 0 spiro atoms. The summed E-state index contributed by atoms with van der Waals surface area (Å²) in [4.78, 5) is 38.2. The van der Waals surface area contributed by atoms with Crippen LogP contribution in [0.5, 0.6) is 0 Å². The van der Waals surface area contributed by atoms with Crippen LogP contribution in [-0.4, -0.2) is 37.2 Å². The molecule has 0 heterocycles. The minimum Gasteiger partial charge on any atom is -0.462 e. The Morgan fingerprint density at radius 1 is 0.294 bits per heavy atom. The molecule has 0 bridgehead atoms. The highest BCUT2D eigenvalue weighted by molar-refractivity contribution is 5.71. The molecule has 0 aromatic rings. The number of hydrogen-bond donors (Lipinski definition) is 0. The fourth-order valence-corrected chi connectivity index (χ4v) is 8.39. The van der Waals surface area contributed by atoms with E-state index < -0.39 is 6.10 Å². The van der Waals surface area contributed by atoms with Gasteiger partial charge >= 0.3 is 17.9 Å². The fourth-order valence-electron chi connectivity index (χ4n) is 8.39. The molecule has 0 amide bonds. The Morgan fingerprint density at radius 3 is 0.912 bits per heavy atom. The van der Waals surface area contributed by atoms with Crippen LogP contribution in [0.25, 0.3) is 0 Å². The highest BCUT2D eigenvalue weighted by Crippen LogP contribution is 2.16. The summed E-state index contributed by atoms with van der Waals surface area (Å²) in [5, 5.41) is 0. The van der Waals surface area contributed by atoms with Gasteiger partial charge in [-0.1, -0.05) is 268 Å². The van der Waals surface area contributed by atoms with Gasteiger partial charge in [0.15, 0.2) is 6.10 Å². The van der Waals surface area contributed by atoms with Crippen molar-refractivity contribution in [1.82, 2.24) is 0 Å². The van der Waals surface area contributed by atoms with Gasteiger partial charge in [-0.25, -0.2) is 0 Å². The second-order valence-corrected chi connectivity index (χ2v) is 19.6. The van der Waals surface area contributed by atoms with Gasteiger partial charge in [0.2, 0.25) is 0 Å². The quantitative estimate of drug-likeness (QED) is 0.0199. The van der Waals surface area contributed by atoms with Crippen molar-refractivity contribution in [3.05, 3.63) is 60.8 Å². The van der Waals surface area contributed by atoms with Crippen molar-refractivity contribution in [2.24, 2.45) is 0 Å². The molecular weight excluding hydrogens is 841 g/mol. The first kappa shape index (κ1) is 65.1. The molecule has 0 aromatic heterocycles. The molecule has 68 heavy (non-hydrogen) atoms. The van der Waals surface area contributed by atoms with Crippen LogP contribution in [0.3, 0.4) is 0 Å². The maximum Gasteiger partial charge on any atom is 0.306 e. The number of ether oxygens (including phenoxy) is 3. The van der Waals surface area contributed by atoms with Crippen LogP contribution < -0.4 is 0 Å². The van der Waals surface area contributed by atoms with Crippen LogP contribution >= 0.6 is 0 Å². The van der Waals surface area contributed by atoms with Crippen molar-refractivity contribution in [3.63, 3.8) is 0 Å². The molecule has 1 atom stereocenters. The van der Waals surface area contributed by atoms with E-state index in [0.717, 1.165) is 96.3 Å². The lowest BCUT2D eigenvalue weighted by Crippen LogP contribution is -2.30. The Balaban J connectivity index is 4.41. The van der Waals surface area contributed by atoms with E-state index in [1.807, 2.05) is 0 Å². The van der Waals surface area contributed by atoms with Gasteiger partial charge in [0, 0.05) is 19.3 Å². The fraction of sp³-hybridized carbons (Fsp3) is 0.790. The molecule has 0 aliphatic heterocycles. The van der Waals surface area contributed by atoms with Crippen molar-refractivity contribution < 1.29 is 28.6 Å². The molecule has 6 nitrogen and oxygen atoms in total. The normalized spacial score (nSPS) is 12.5. The highest BCUT2D eigenvalue weighted by Gasteiger charge is 2.19. The van der Waals surface area contributed by atoms with E-state index in [2.05, 4.69) is 81.5 Å². The third-order valence-corrected chi connectivity index (χ3v) is 12.8. The summed E-state index contributed by atoms with van der Waals surface area (Å²) in [7, 11) is 0. The van der Waals surface area contributed by atoms with E-state index in [9.17, 15) is 14.4 Å². The first-order valence-electron chi connectivity index (χ1n) is 29.3. The standard InChI is InChI=1S/C62H110O6/c1-4-7-10-13-16-19-22-25-28-30-32-34-37-40-43-46-49-52-55-61(64)67-58-59(57-66-60(63)54-51-48-45-42-39-36-27-24-21-18-15-12-9-6-3)68-62(65)56-53-50-47-44-41-38-35-33-31-29-26-23-20-17-14-11-8-5-2/h16,19,22,25,28,30,32,34,36,39,59H,4-15,17-18,20-21,23-24,26-27,29,31,33,35,37-38,40-58H2,1-3H3/b19-16-,25-22-,30-28-,34-32-,39-36-. The monoisotopic (exact) mass is 951 g/mol. The topological polar surface area (TPSA) is 78.9 Å². The Kier molecular flexibility index (Phi) is 54.3. The first-order chi connectivity index (χ1) is 33.5. The van der Waals surface area contributed by atoms with E-state index in [1.54, 1.807) is 0 Å². The van der Waals surface area contributed by atoms with Crippen LogP contribution in [0.1, 0.15) is 297 Å². The Bertz CT molecular complexity index is 1230. The van der Waals surface area contributed by atoms with Crippen molar-refractivity contribution in [2.45, 2.75) is 303 Å². The second-order valence-electron chi connectivity index (χ2n) is 19.6. The van der Waals surface area contributed by atoms with Gasteiger partial charge in [-0.05, 0) is 70.6 Å². The predicted octanol–water partition coefficient (Wildman–Crippen LogP) is 19.6. The van der Waals surface area contributed by atoms with Gasteiger partial charge in [0.25, 0.3) is 0 Å². The number of carbonyl (C=O) groups excluding carboxylic acids is 3. The van der Waals surface area contributed by atoms with E-state index in [-0.39, 0.29) is 31.1 Å². The van der Waals surface area contributed by atoms with Crippen LogP contribution in [0, 0.1) is 0 Å². The zero-order valence-electron chi connectivity index (χ0n) is 45.1. The first-order valence-corrected chi connectivity index (χ1v) is 29.3. The number of allylic oxidation sites excluding steroid dienone is 10. The summed E-state index contributed by atoms with van der Waals surface area (Å²) in [5.41, 5.74) is 0.